The van der Waals surface area contributed by atoms with Crippen LogP contribution in [0.15, 0.2) is 42.5 Å². The molecule has 1 atom stereocenters. The number of benzene rings is 2. The Kier molecular flexibility index (Phi) is 5.71. The summed E-state index contributed by atoms with van der Waals surface area (Å²) in [5.74, 6) is -0.249. The van der Waals surface area contributed by atoms with Crippen LogP contribution in [0.25, 0.3) is 0 Å². The van der Waals surface area contributed by atoms with Gasteiger partial charge in [0.1, 0.15) is 11.6 Å². The van der Waals surface area contributed by atoms with Gasteiger partial charge in [-0.1, -0.05) is 29.8 Å². The van der Waals surface area contributed by atoms with Crippen molar-refractivity contribution >= 4 is 11.6 Å². The molecule has 0 aromatic heterocycles. The maximum absolute atomic E-state index is 13.1. The minimum atomic E-state index is -0.326. The molecule has 0 heterocycles. The van der Waals surface area contributed by atoms with E-state index in [9.17, 15) is 8.78 Å². The summed E-state index contributed by atoms with van der Waals surface area (Å²) in [5.41, 5.74) is 2.01. The van der Waals surface area contributed by atoms with Gasteiger partial charge in [0.25, 0.3) is 0 Å². The number of nitrogens with one attached hydrogen (secondary N) is 1. The SMILES string of the molecule is CNCC(Cc1ccc(F)cc1)Cc1ccc(F)cc1Cl. The Morgan fingerprint density at radius 2 is 1.67 bits per heavy atom. The molecule has 0 saturated heterocycles. The van der Waals surface area contributed by atoms with Crippen LogP contribution >= 0.6 is 11.6 Å². The van der Waals surface area contributed by atoms with Gasteiger partial charge in [-0.05, 0) is 67.7 Å². The molecule has 0 bridgehead atoms. The topological polar surface area (TPSA) is 12.0 Å². The van der Waals surface area contributed by atoms with Gasteiger partial charge >= 0.3 is 0 Å². The van der Waals surface area contributed by atoms with Crippen molar-refractivity contribution in [2.45, 2.75) is 12.8 Å². The molecule has 1 N–H and O–H groups in total. The summed E-state index contributed by atoms with van der Waals surface area (Å²) in [6.07, 6.45) is 1.56. The van der Waals surface area contributed by atoms with Gasteiger partial charge in [0.05, 0.1) is 0 Å². The Labute approximate surface area is 128 Å². The fourth-order valence-corrected chi connectivity index (χ4v) is 2.70. The minimum absolute atomic E-state index is 0.231. The van der Waals surface area contributed by atoms with E-state index in [0.717, 1.165) is 30.5 Å². The van der Waals surface area contributed by atoms with Crippen LogP contribution in [0.3, 0.4) is 0 Å². The van der Waals surface area contributed by atoms with Crippen molar-refractivity contribution in [3.63, 3.8) is 0 Å². The maximum Gasteiger partial charge on any atom is 0.124 e. The van der Waals surface area contributed by atoms with E-state index in [1.54, 1.807) is 18.2 Å². The number of hydrogen-bond donors (Lipinski definition) is 1. The van der Waals surface area contributed by atoms with Gasteiger partial charge < -0.3 is 5.32 Å². The van der Waals surface area contributed by atoms with Gasteiger partial charge in [0.2, 0.25) is 0 Å². The lowest BCUT2D eigenvalue weighted by Crippen LogP contribution is -2.23. The van der Waals surface area contributed by atoms with E-state index < -0.39 is 0 Å². The Hall–Kier alpha value is -1.45. The van der Waals surface area contributed by atoms with E-state index in [0.29, 0.717) is 10.9 Å². The first kappa shape index (κ1) is 15.9. The third-order valence-electron chi connectivity index (χ3n) is 3.45. The molecule has 1 unspecified atom stereocenters. The van der Waals surface area contributed by atoms with Crippen molar-refractivity contribution in [1.82, 2.24) is 5.32 Å². The highest BCUT2D eigenvalue weighted by atomic mass is 35.5. The van der Waals surface area contributed by atoms with Gasteiger partial charge in [-0.15, -0.1) is 0 Å². The van der Waals surface area contributed by atoms with Crippen molar-refractivity contribution in [2.75, 3.05) is 13.6 Å². The molecule has 0 aliphatic rings. The Morgan fingerprint density at radius 1 is 1.00 bits per heavy atom. The zero-order valence-electron chi connectivity index (χ0n) is 11.9. The normalized spacial score (nSPS) is 12.4. The lowest BCUT2D eigenvalue weighted by molar-refractivity contribution is 0.492. The van der Waals surface area contributed by atoms with Gasteiger partial charge in [0.15, 0.2) is 0 Å². The molecule has 1 nitrogen and oxygen atoms in total. The van der Waals surface area contributed by atoms with Crippen LogP contribution in [-0.2, 0) is 12.8 Å². The second-order valence-electron chi connectivity index (χ2n) is 5.19. The summed E-state index contributed by atoms with van der Waals surface area (Å²) in [4.78, 5) is 0. The van der Waals surface area contributed by atoms with E-state index in [1.165, 1.54) is 24.3 Å². The predicted molar refractivity (Wildman–Crippen MR) is 82.6 cm³/mol. The zero-order valence-corrected chi connectivity index (χ0v) is 12.6. The van der Waals surface area contributed by atoms with Gasteiger partial charge in [-0.3, -0.25) is 0 Å². The molecule has 0 spiro atoms. The molecule has 0 amide bonds. The van der Waals surface area contributed by atoms with Crippen LogP contribution in [-0.4, -0.2) is 13.6 Å². The summed E-state index contributed by atoms with van der Waals surface area (Å²) < 4.78 is 26.0. The first-order valence-corrected chi connectivity index (χ1v) is 7.29. The van der Waals surface area contributed by atoms with Crippen molar-refractivity contribution in [1.29, 1.82) is 0 Å². The first-order valence-electron chi connectivity index (χ1n) is 6.91. The summed E-state index contributed by atoms with van der Waals surface area (Å²) in [5, 5.41) is 3.61. The Morgan fingerprint density at radius 3 is 2.29 bits per heavy atom. The van der Waals surface area contributed by atoms with E-state index in [4.69, 9.17) is 11.6 Å². The van der Waals surface area contributed by atoms with Crippen LogP contribution in [0.1, 0.15) is 11.1 Å². The smallest absolute Gasteiger partial charge is 0.124 e. The highest BCUT2D eigenvalue weighted by Gasteiger charge is 2.13. The molecular formula is C17H18ClF2N. The number of rotatable bonds is 6. The maximum atomic E-state index is 13.1. The van der Waals surface area contributed by atoms with Crippen LogP contribution in [0.2, 0.25) is 5.02 Å². The molecule has 0 aliphatic carbocycles. The largest absolute Gasteiger partial charge is 0.319 e. The number of halogens is 3. The average molecular weight is 310 g/mol. The minimum Gasteiger partial charge on any atom is -0.319 e. The fraction of sp³-hybridized carbons (Fsp3) is 0.294. The van der Waals surface area contributed by atoms with Crippen molar-refractivity contribution in [3.8, 4) is 0 Å². The zero-order chi connectivity index (χ0) is 15.2. The molecule has 2 aromatic rings. The quantitative estimate of drug-likeness (QED) is 0.841. The summed E-state index contributed by atoms with van der Waals surface area (Å²) in [7, 11) is 1.89. The second-order valence-corrected chi connectivity index (χ2v) is 5.60. The van der Waals surface area contributed by atoms with Gasteiger partial charge in [0, 0.05) is 5.02 Å². The highest BCUT2D eigenvalue weighted by Crippen LogP contribution is 2.22. The third-order valence-corrected chi connectivity index (χ3v) is 3.81. The summed E-state index contributed by atoms with van der Waals surface area (Å²) in [6, 6.07) is 11.0. The third kappa shape index (κ3) is 4.80. The van der Waals surface area contributed by atoms with Crippen molar-refractivity contribution in [3.05, 3.63) is 70.2 Å². The van der Waals surface area contributed by atoms with Crippen LogP contribution in [0.4, 0.5) is 8.78 Å². The van der Waals surface area contributed by atoms with Gasteiger partial charge in [-0.2, -0.15) is 0 Å². The van der Waals surface area contributed by atoms with Gasteiger partial charge in [-0.25, -0.2) is 8.78 Å². The molecule has 0 saturated carbocycles. The van der Waals surface area contributed by atoms with Crippen LogP contribution in [0, 0.1) is 17.6 Å². The molecule has 2 rings (SSSR count). The first-order chi connectivity index (χ1) is 10.1. The Bertz CT molecular complexity index is 584. The molecule has 112 valence electrons. The molecule has 4 heteroatoms. The lowest BCUT2D eigenvalue weighted by atomic mass is 9.92. The van der Waals surface area contributed by atoms with E-state index in [-0.39, 0.29) is 11.6 Å². The van der Waals surface area contributed by atoms with E-state index >= 15 is 0 Å². The van der Waals surface area contributed by atoms with Crippen molar-refractivity contribution < 1.29 is 8.78 Å². The molecule has 0 radical (unpaired) electrons. The molecule has 0 aliphatic heterocycles. The Balaban J connectivity index is 2.09. The monoisotopic (exact) mass is 309 g/mol. The predicted octanol–water partition coefficient (Wildman–Crippen LogP) is 4.24. The highest BCUT2D eigenvalue weighted by molar-refractivity contribution is 6.31. The molecule has 21 heavy (non-hydrogen) atoms. The molecule has 2 aromatic carbocycles. The van der Waals surface area contributed by atoms with E-state index in [2.05, 4.69) is 5.32 Å². The van der Waals surface area contributed by atoms with E-state index in [1.807, 2.05) is 7.05 Å². The van der Waals surface area contributed by atoms with Crippen LogP contribution < -0.4 is 5.32 Å². The molecule has 0 fully saturated rings. The summed E-state index contributed by atoms with van der Waals surface area (Å²) in [6.45, 7) is 0.811. The van der Waals surface area contributed by atoms with Crippen LogP contribution in [0.5, 0.6) is 0 Å². The fourth-order valence-electron chi connectivity index (χ4n) is 2.46. The average Bonchev–Trinajstić information content (AvgIpc) is 2.44. The standard InChI is InChI=1S/C17H18ClF2N/c1-21-11-13(8-12-2-5-15(19)6-3-12)9-14-4-7-16(20)10-17(14)18/h2-7,10,13,21H,8-9,11H2,1H3. The summed E-state index contributed by atoms with van der Waals surface area (Å²) >= 11 is 6.09. The number of hydrogen-bond acceptors (Lipinski definition) is 1. The lowest BCUT2D eigenvalue weighted by Gasteiger charge is -2.17. The second kappa shape index (κ2) is 7.53. The molecular weight excluding hydrogens is 292 g/mol. The van der Waals surface area contributed by atoms with Crippen molar-refractivity contribution in [2.24, 2.45) is 5.92 Å².